The van der Waals surface area contributed by atoms with Gasteiger partial charge in [-0.15, -0.1) is 0 Å². The van der Waals surface area contributed by atoms with E-state index in [1.807, 2.05) is 0 Å². The van der Waals surface area contributed by atoms with E-state index in [0.29, 0.717) is 0 Å². The van der Waals surface area contributed by atoms with Gasteiger partial charge in [-0.05, 0) is 12.8 Å². The van der Waals surface area contributed by atoms with E-state index in [1.54, 1.807) is 0 Å². The van der Waals surface area contributed by atoms with Crippen LogP contribution in [0.1, 0.15) is 12.8 Å². The van der Waals surface area contributed by atoms with Gasteiger partial charge >= 0.3 is 0 Å². The molecule has 0 aromatic carbocycles. The summed E-state index contributed by atoms with van der Waals surface area (Å²) in [6.45, 7) is 2.00. The summed E-state index contributed by atoms with van der Waals surface area (Å²) >= 11 is 0. The van der Waals surface area contributed by atoms with Gasteiger partial charge in [-0.25, -0.2) is 0 Å². The summed E-state index contributed by atoms with van der Waals surface area (Å²) in [7, 11) is 0. The van der Waals surface area contributed by atoms with E-state index in [2.05, 4.69) is 4.74 Å². The third-order valence-electron chi connectivity index (χ3n) is 1.63. The fourth-order valence-corrected chi connectivity index (χ4v) is 0.754. The molecule has 0 spiro atoms. The Morgan fingerprint density at radius 3 is 1.50 bits per heavy atom. The zero-order valence-electron chi connectivity index (χ0n) is 4.80. The van der Waals surface area contributed by atoms with E-state index in [0.717, 1.165) is 25.4 Å². The molecule has 3 rings (SSSR count). The first-order valence-corrected chi connectivity index (χ1v) is 3.20. The van der Waals surface area contributed by atoms with E-state index in [4.69, 9.17) is 4.74 Å². The Hall–Kier alpha value is -0.0800. The molecule has 0 aromatic heterocycles. The molecule has 2 saturated heterocycles. The van der Waals surface area contributed by atoms with E-state index in [-0.39, 0.29) is 0 Å². The van der Waals surface area contributed by atoms with Crippen molar-refractivity contribution in [3.05, 3.63) is 0 Å². The van der Waals surface area contributed by atoms with Gasteiger partial charge in [-0.1, -0.05) is 0 Å². The molecule has 2 atom stereocenters. The molecule has 2 nitrogen and oxygen atoms in total. The number of hydrogen-bond donors (Lipinski definition) is 0. The van der Waals surface area contributed by atoms with Crippen LogP contribution in [0.3, 0.4) is 0 Å². The van der Waals surface area contributed by atoms with Crippen molar-refractivity contribution in [2.75, 3.05) is 13.2 Å². The SMILES string of the molecule is C1CC2OC12.C1CO1. The van der Waals surface area contributed by atoms with Crippen molar-refractivity contribution in [2.24, 2.45) is 0 Å². The smallest absolute Gasteiger partial charge is 0.0842 e. The monoisotopic (exact) mass is 114 g/mol. The Morgan fingerprint density at radius 2 is 1.50 bits per heavy atom. The predicted octanol–water partition coefficient (Wildman–Crippen LogP) is 0.564. The lowest BCUT2D eigenvalue weighted by molar-refractivity contribution is 0.417. The first-order valence-electron chi connectivity index (χ1n) is 3.20. The zero-order valence-corrected chi connectivity index (χ0v) is 4.80. The maximum Gasteiger partial charge on any atom is 0.0842 e. The Bertz CT molecular complexity index is 75.8. The van der Waals surface area contributed by atoms with Crippen LogP contribution in [0.4, 0.5) is 0 Å². The van der Waals surface area contributed by atoms with Crippen LogP contribution < -0.4 is 0 Å². The number of fused-ring (bicyclic) bond motifs is 1. The van der Waals surface area contributed by atoms with Crippen molar-refractivity contribution >= 4 is 0 Å². The van der Waals surface area contributed by atoms with Gasteiger partial charge in [-0.2, -0.15) is 0 Å². The van der Waals surface area contributed by atoms with Gasteiger partial charge in [0.05, 0.1) is 25.4 Å². The minimum atomic E-state index is 0.731. The first-order chi connectivity index (χ1) is 3.97. The molecule has 0 radical (unpaired) electrons. The highest BCUT2D eigenvalue weighted by Crippen LogP contribution is 2.40. The Morgan fingerprint density at radius 1 is 1.00 bits per heavy atom. The van der Waals surface area contributed by atoms with Gasteiger partial charge in [0.2, 0.25) is 0 Å². The maximum atomic E-state index is 5.03. The Labute approximate surface area is 48.8 Å². The van der Waals surface area contributed by atoms with Crippen LogP contribution in [0, 0.1) is 0 Å². The summed E-state index contributed by atoms with van der Waals surface area (Å²) in [5.41, 5.74) is 0. The second-order valence-corrected chi connectivity index (χ2v) is 2.40. The fourth-order valence-electron chi connectivity index (χ4n) is 0.754. The largest absolute Gasteiger partial charge is 0.377 e. The van der Waals surface area contributed by atoms with Gasteiger partial charge in [0, 0.05) is 0 Å². The van der Waals surface area contributed by atoms with Gasteiger partial charge in [0.15, 0.2) is 0 Å². The fraction of sp³-hybridized carbons (Fsp3) is 1.00. The zero-order chi connectivity index (χ0) is 5.40. The average Bonchev–Trinajstić information content (AvgIpc) is 2.45. The number of ether oxygens (including phenoxy) is 2. The summed E-state index contributed by atoms with van der Waals surface area (Å²) in [6.07, 6.45) is 4.14. The van der Waals surface area contributed by atoms with Gasteiger partial charge < -0.3 is 9.47 Å². The second kappa shape index (κ2) is 1.71. The highest BCUT2D eigenvalue weighted by atomic mass is 16.6. The number of hydrogen-bond acceptors (Lipinski definition) is 2. The quantitative estimate of drug-likeness (QED) is 0.430. The Kier molecular flexibility index (Phi) is 1.02. The number of epoxide rings is 2. The second-order valence-electron chi connectivity index (χ2n) is 2.40. The molecule has 0 aromatic rings. The summed E-state index contributed by atoms with van der Waals surface area (Å²) in [6, 6.07) is 0. The third-order valence-corrected chi connectivity index (χ3v) is 1.63. The van der Waals surface area contributed by atoms with Crippen molar-refractivity contribution in [3.63, 3.8) is 0 Å². The third kappa shape index (κ3) is 1.01. The molecule has 0 amide bonds. The highest BCUT2D eigenvalue weighted by molar-refractivity contribution is 4.94. The average molecular weight is 114 g/mol. The molecule has 2 unspecified atom stereocenters. The first kappa shape index (κ1) is 4.77. The predicted molar refractivity (Wildman–Crippen MR) is 28.7 cm³/mol. The number of rotatable bonds is 0. The van der Waals surface area contributed by atoms with Crippen molar-refractivity contribution in [1.82, 2.24) is 0 Å². The molecule has 2 heteroatoms. The summed E-state index contributed by atoms with van der Waals surface area (Å²) in [5.74, 6) is 0. The maximum absolute atomic E-state index is 5.03. The minimum absolute atomic E-state index is 0.731. The molecule has 1 saturated carbocycles. The van der Waals surface area contributed by atoms with Gasteiger partial charge in [0.1, 0.15) is 0 Å². The molecule has 46 valence electrons. The standard InChI is InChI=1S/C4H6O.C2H4O/c1-2-4-3(1)5-4;1-2-3-1/h3-4H,1-2H2;1-2H2. The van der Waals surface area contributed by atoms with Crippen LogP contribution >= 0.6 is 0 Å². The summed E-state index contributed by atoms with van der Waals surface area (Å²) in [4.78, 5) is 0. The topological polar surface area (TPSA) is 25.1 Å². The van der Waals surface area contributed by atoms with Crippen LogP contribution in [-0.2, 0) is 9.47 Å². The lowest BCUT2D eigenvalue weighted by Gasteiger charge is -1.97. The molecule has 2 aliphatic heterocycles. The van der Waals surface area contributed by atoms with Crippen LogP contribution in [0.2, 0.25) is 0 Å². The van der Waals surface area contributed by atoms with Gasteiger partial charge in [-0.3, -0.25) is 0 Å². The van der Waals surface area contributed by atoms with E-state index < -0.39 is 0 Å². The molecule has 1 aliphatic carbocycles. The molecule has 3 aliphatic rings. The van der Waals surface area contributed by atoms with Crippen LogP contribution in [0.5, 0.6) is 0 Å². The van der Waals surface area contributed by atoms with Crippen molar-refractivity contribution in [1.29, 1.82) is 0 Å². The molecule has 3 fully saturated rings. The minimum Gasteiger partial charge on any atom is -0.377 e. The molecular formula is C6H10O2. The lowest BCUT2D eigenvalue weighted by atomic mass is 10.0. The summed E-state index contributed by atoms with van der Waals surface area (Å²) < 4.78 is 9.53. The highest BCUT2D eigenvalue weighted by Gasteiger charge is 2.46. The Balaban J connectivity index is 0.0000000780. The van der Waals surface area contributed by atoms with E-state index >= 15 is 0 Å². The van der Waals surface area contributed by atoms with Crippen molar-refractivity contribution < 1.29 is 9.47 Å². The van der Waals surface area contributed by atoms with Crippen molar-refractivity contribution in [3.8, 4) is 0 Å². The van der Waals surface area contributed by atoms with E-state index in [1.165, 1.54) is 12.8 Å². The molecule has 0 bridgehead atoms. The molecule has 2 heterocycles. The molecule has 0 N–H and O–H groups in total. The lowest BCUT2D eigenvalue weighted by Crippen LogP contribution is -2.04. The van der Waals surface area contributed by atoms with Crippen LogP contribution in [0.25, 0.3) is 0 Å². The van der Waals surface area contributed by atoms with Crippen molar-refractivity contribution in [2.45, 2.75) is 25.0 Å². The van der Waals surface area contributed by atoms with Crippen LogP contribution in [-0.4, -0.2) is 25.4 Å². The van der Waals surface area contributed by atoms with Crippen LogP contribution in [0.15, 0.2) is 0 Å². The normalized spacial score (nSPS) is 45.0. The summed E-state index contributed by atoms with van der Waals surface area (Å²) in [5, 5.41) is 0. The van der Waals surface area contributed by atoms with Gasteiger partial charge in [0.25, 0.3) is 0 Å². The molecule has 8 heavy (non-hydrogen) atoms. The van der Waals surface area contributed by atoms with E-state index in [9.17, 15) is 0 Å². The molecular weight excluding hydrogens is 104 g/mol.